The maximum Gasteiger partial charge on any atom is 0.227 e. The average Bonchev–Trinajstić information content (AvgIpc) is 3.04. The van der Waals surface area contributed by atoms with Gasteiger partial charge in [-0.2, -0.15) is 0 Å². The second kappa shape index (κ2) is 5.44. The fourth-order valence-electron chi connectivity index (χ4n) is 3.48. The number of hydrogen-bond donors (Lipinski definition) is 0. The minimum absolute atomic E-state index is 0.0279. The molecule has 0 aromatic heterocycles. The molecular formula is C16H21NO3S. The Morgan fingerprint density at radius 1 is 1.29 bits per heavy atom. The molecule has 0 saturated carbocycles. The molecule has 2 fully saturated rings. The Labute approximate surface area is 126 Å². The summed E-state index contributed by atoms with van der Waals surface area (Å²) in [5.74, 6) is -0.115. The Morgan fingerprint density at radius 2 is 2.10 bits per heavy atom. The van der Waals surface area contributed by atoms with E-state index in [-0.39, 0.29) is 29.4 Å². The Bertz CT molecular complexity index is 653. The topological polar surface area (TPSA) is 54.5 Å². The van der Waals surface area contributed by atoms with Crippen molar-refractivity contribution in [2.75, 3.05) is 18.1 Å². The van der Waals surface area contributed by atoms with Gasteiger partial charge in [-0.3, -0.25) is 4.79 Å². The zero-order valence-corrected chi connectivity index (χ0v) is 13.1. The largest absolute Gasteiger partial charge is 0.335 e. The van der Waals surface area contributed by atoms with E-state index in [1.807, 2.05) is 24.0 Å². The lowest BCUT2D eigenvalue weighted by Gasteiger charge is -2.27. The molecule has 0 aliphatic carbocycles. The molecular weight excluding hydrogens is 286 g/mol. The van der Waals surface area contributed by atoms with Crippen molar-refractivity contribution >= 4 is 15.7 Å². The van der Waals surface area contributed by atoms with E-state index in [0.29, 0.717) is 6.42 Å². The van der Waals surface area contributed by atoms with Gasteiger partial charge in [-0.05, 0) is 31.7 Å². The number of sulfone groups is 1. The fraction of sp³-hybridized carbons (Fsp3) is 0.562. The normalized spacial score (nSPS) is 28.0. The molecule has 0 unspecified atom stereocenters. The number of benzene rings is 1. The van der Waals surface area contributed by atoms with Crippen LogP contribution in [0.15, 0.2) is 24.3 Å². The van der Waals surface area contributed by atoms with Crippen molar-refractivity contribution in [2.24, 2.45) is 5.92 Å². The lowest BCUT2D eigenvalue weighted by atomic mass is 10.0. The van der Waals surface area contributed by atoms with Gasteiger partial charge >= 0.3 is 0 Å². The SMILES string of the molecule is Cc1cccc([C@@H]2CCCN2C(=O)[C@@H]2CCS(=O)(=O)C2)c1. The number of hydrogen-bond acceptors (Lipinski definition) is 3. The number of aryl methyl sites for hydroxylation is 1. The lowest BCUT2D eigenvalue weighted by molar-refractivity contribution is -0.135. The van der Waals surface area contributed by atoms with Crippen LogP contribution in [0, 0.1) is 12.8 Å². The van der Waals surface area contributed by atoms with E-state index in [9.17, 15) is 13.2 Å². The smallest absolute Gasteiger partial charge is 0.227 e. The van der Waals surface area contributed by atoms with Crippen molar-refractivity contribution in [2.45, 2.75) is 32.2 Å². The first kappa shape index (κ1) is 14.6. The van der Waals surface area contributed by atoms with Gasteiger partial charge < -0.3 is 4.90 Å². The first-order chi connectivity index (χ1) is 9.96. The molecule has 1 amide bonds. The van der Waals surface area contributed by atoms with Crippen molar-refractivity contribution in [3.05, 3.63) is 35.4 Å². The van der Waals surface area contributed by atoms with Crippen LogP contribution in [0.25, 0.3) is 0 Å². The Morgan fingerprint density at radius 3 is 2.76 bits per heavy atom. The summed E-state index contributed by atoms with van der Waals surface area (Å²) in [6.07, 6.45) is 2.44. The molecule has 2 aliphatic rings. The predicted molar refractivity (Wildman–Crippen MR) is 81.6 cm³/mol. The number of rotatable bonds is 2. The van der Waals surface area contributed by atoms with Gasteiger partial charge in [0, 0.05) is 6.54 Å². The summed E-state index contributed by atoms with van der Waals surface area (Å²) in [6, 6.07) is 8.37. The van der Waals surface area contributed by atoms with Crippen LogP contribution < -0.4 is 0 Å². The highest BCUT2D eigenvalue weighted by Gasteiger charge is 2.39. The van der Waals surface area contributed by atoms with Gasteiger partial charge in [-0.25, -0.2) is 8.42 Å². The number of amides is 1. The molecule has 4 nitrogen and oxygen atoms in total. The maximum atomic E-state index is 12.7. The first-order valence-corrected chi connectivity index (χ1v) is 9.36. The van der Waals surface area contributed by atoms with E-state index in [4.69, 9.17) is 0 Å². The summed E-state index contributed by atoms with van der Waals surface area (Å²) in [7, 11) is -3.01. The van der Waals surface area contributed by atoms with Gasteiger partial charge in [0.2, 0.25) is 5.91 Å². The van der Waals surface area contributed by atoms with E-state index in [0.717, 1.165) is 19.4 Å². The third-order valence-electron chi connectivity index (χ3n) is 4.54. The highest BCUT2D eigenvalue weighted by Crippen LogP contribution is 2.35. The van der Waals surface area contributed by atoms with Gasteiger partial charge in [0.1, 0.15) is 0 Å². The molecule has 2 atom stereocenters. The van der Waals surface area contributed by atoms with Crippen molar-refractivity contribution in [1.82, 2.24) is 4.90 Å². The molecule has 21 heavy (non-hydrogen) atoms. The van der Waals surface area contributed by atoms with Crippen molar-refractivity contribution in [3.8, 4) is 0 Å². The second-order valence-corrected chi connectivity index (χ2v) is 8.43. The van der Waals surface area contributed by atoms with Crippen molar-refractivity contribution in [1.29, 1.82) is 0 Å². The molecule has 2 aliphatic heterocycles. The van der Waals surface area contributed by atoms with E-state index < -0.39 is 9.84 Å². The highest BCUT2D eigenvalue weighted by atomic mass is 32.2. The fourth-order valence-corrected chi connectivity index (χ4v) is 5.21. The molecule has 5 heteroatoms. The number of carbonyl (C=O) groups is 1. The highest BCUT2D eigenvalue weighted by molar-refractivity contribution is 7.91. The Hall–Kier alpha value is -1.36. The van der Waals surface area contributed by atoms with Crippen LogP contribution >= 0.6 is 0 Å². The zero-order valence-electron chi connectivity index (χ0n) is 12.3. The van der Waals surface area contributed by atoms with E-state index in [1.165, 1.54) is 11.1 Å². The van der Waals surface area contributed by atoms with Crippen LogP contribution in [0.1, 0.15) is 36.4 Å². The van der Waals surface area contributed by atoms with E-state index >= 15 is 0 Å². The summed E-state index contributed by atoms with van der Waals surface area (Å²) < 4.78 is 23.2. The summed E-state index contributed by atoms with van der Waals surface area (Å²) >= 11 is 0. The third-order valence-corrected chi connectivity index (χ3v) is 6.31. The van der Waals surface area contributed by atoms with Crippen LogP contribution in [0.3, 0.4) is 0 Å². The summed E-state index contributed by atoms with van der Waals surface area (Å²) in [6.45, 7) is 2.79. The molecule has 0 spiro atoms. The lowest BCUT2D eigenvalue weighted by Crippen LogP contribution is -2.36. The molecule has 1 aromatic rings. The monoisotopic (exact) mass is 307 g/mol. The van der Waals surface area contributed by atoms with Crippen LogP contribution in [0.5, 0.6) is 0 Å². The Balaban J connectivity index is 1.80. The molecule has 0 bridgehead atoms. The second-order valence-electron chi connectivity index (χ2n) is 6.20. The Kier molecular flexibility index (Phi) is 3.78. The summed E-state index contributed by atoms with van der Waals surface area (Å²) in [4.78, 5) is 14.6. The summed E-state index contributed by atoms with van der Waals surface area (Å²) in [5.41, 5.74) is 2.36. The van der Waals surface area contributed by atoms with Gasteiger partial charge in [0.15, 0.2) is 9.84 Å². The van der Waals surface area contributed by atoms with Crippen LogP contribution in [0.2, 0.25) is 0 Å². The molecule has 0 N–H and O–H groups in total. The molecule has 3 rings (SSSR count). The van der Waals surface area contributed by atoms with E-state index in [1.54, 1.807) is 0 Å². The van der Waals surface area contributed by atoms with Crippen molar-refractivity contribution in [3.63, 3.8) is 0 Å². The molecule has 1 aromatic carbocycles. The molecule has 2 heterocycles. The third kappa shape index (κ3) is 2.98. The van der Waals surface area contributed by atoms with Crippen LogP contribution in [-0.2, 0) is 14.6 Å². The van der Waals surface area contributed by atoms with Gasteiger partial charge in [-0.1, -0.05) is 29.8 Å². The molecule has 114 valence electrons. The minimum Gasteiger partial charge on any atom is -0.335 e. The zero-order chi connectivity index (χ0) is 15.0. The maximum absolute atomic E-state index is 12.7. The molecule has 0 radical (unpaired) electrons. The van der Waals surface area contributed by atoms with Gasteiger partial charge in [0.25, 0.3) is 0 Å². The number of carbonyl (C=O) groups excluding carboxylic acids is 1. The minimum atomic E-state index is -3.01. The quantitative estimate of drug-likeness (QED) is 0.840. The van der Waals surface area contributed by atoms with E-state index in [2.05, 4.69) is 12.1 Å². The van der Waals surface area contributed by atoms with Crippen molar-refractivity contribution < 1.29 is 13.2 Å². The van der Waals surface area contributed by atoms with Gasteiger partial charge in [-0.15, -0.1) is 0 Å². The van der Waals surface area contributed by atoms with Crippen LogP contribution in [-0.4, -0.2) is 37.3 Å². The summed E-state index contributed by atoms with van der Waals surface area (Å²) in [5, 5.41) is 0. The first-order valence-electron chi connectivity index (χ1n) is 7.54. The standard InChI is InChI=1S/C16H21NO3S/c1-12-4-2-5-13(10-12)15-6-3-8-17(15)16(18)14-7-9-21(19,20)11-14/h2,4-5,10,14-15H,3,6-9,11H2,1H3/t14-,15+/m1/s1. The number of likely N-dealkylation sites (tertiary alicyclic amines) is 1. The van der Waals surface area contributed by atoms with Gasteiger partial charge in [0.05, 0.1) is 23.5 Å². The molecule has 2 saturated heterocycles. The van der Waals surface area contributed by atoms with Crippen LogP contribution in [0.4, 0.5) is 0 Å². The number of nitrogens with zero attached hydrogens (tertiary/aromatic N) is 1. The average molecular weight is 307 g/mol. The predicted octanol–water partition coefficient (Wildman–Crippen LogP) is 2.09.